The number of ether oxygens (including phenoxy) is 1. The third kappa shape index (κ3) is 1.49. The first kappa shape index (κ1) is 8.10. The highest BCUT2D eigenvalue weighted by atomic mass is 16.5. The third-order valence-electron chi connectivity index (χ3n) is 2.12. The SMILES string of the molecule is CC1=CCC(c2ccoc2)OC1=O. The monoisotopic (exact) mass is 178 g/mol. The summed E-state index contributed by atoms with van der Waals surface area (Å²) in [6, 6.07) is 1.81. The second kappa shape index (κ2) is 3.09. The molecule has 3 heteroatoms. The second-order valence-electron chi connectivity index (χ2n) is 3.07. The molecule has 1 unspecified atom stereocenters. The molecule has 68 valence electrons. The fraction of sp³-hybridized carbons (Fsp3) is 0.300. The maximum atomic E-state index is 11.2. The van der Waals surface area contributed by atoms with E-state index in [1.807, 2.05) is 12.1 Å². The van der Waals surface area contributed by atoms with E-state index in [0.29, 0.717) is 5.57 Å². The molecule has 1 aromatic rings. The Labute approximate surface area is 76.0 Å². The van der Waals surface area contributed by atoms with Gasteiger partial charge in [0.15, 0.2) is 0 Å². The lowest BCUT2D eigenvalue weighted by Crippen LogP contribution is -2.15. The summed E-state index contributed by atoms with van der Waals surface area (Å²) in [6.45, 7) is 1.76. The summed E-state index contributed by atoms with van der Waals surface area (Å²) in [7, 11) is 0. The van der Waals surface area contributed by atoms with Crippen molar-refractivity contribution in [1.29, 1.82) is 0 Å². The first-order chi connectivity index (χ1) is 6.27. The van der Waals surface area contributed by atoms with Crippen LogP contribution >= 0.6 is 0 Å². The molecular weight excluding hydrogens is 168 g/mol. The van der Waals surface area contributed by atoms with Gasteiger partial charge in [-0.05, 0) is 13.0 Å². The molecule has 1 aromatic heterocycles. The van der Waals surface area contributed by atoms with Gasteiger partial charge in [0.05, 0.1) is 12.5 Å². The fourth-order valence-corrected chi connectivity index (χ4v) is 1.30. The largest absolute Gasteiger partial charge is 0.472 e. The van der Waals surface area contributed by atoms with Crippen LogP contribution in [0.25, 0.3) is 0 Å². The van der Waals surface area contributed by atoms with Gasteiger partial charge in [0.25, 0.3) is 0 Å². The lowest BCUT2D eigenvalue weighted by molar-refractivity contribution is -0.145. The van der Waals surface area contributed by atoms with E-state index in [1.54, 1.807) is 19.5 Å². The van der Waals surface area contributed by atoms with E-state index in [1.165, 1.54) is 0 Å². The van der Waals surface area contributed by atoms with Crippen molar-refractivity contribution in [2.75, 3.05) is 0 Å². The highest BCUT2D eigenvalue weighted by molar-refractivity contribution is 5.88. The summed E-state index contributed by atoms with van der Waals surface area (Å²) in [4.78, 5) is 11.2. The van der Waals surface area contributed by atoms with Gasteiger partial charge in [-0.15, -0.1) is 0 Å². The number of cyclic esters (lactones) is 1. The van der Waals surface area contributed by atoms with E-state index in [9.17, 15) is 4.79 Å². The van der Waals surface area contributed by atoms with Gasteiger partial charge in [-0.2, -0.15) is 0 Å². The lowest BCUT2D eigenvalue weighted by Gasteiger charge is -2.19. The van der Waals surface area contributed by atoms with Gasteiger partial charge in [0, 0.05) is 17.6 Å². The van der Waals surface area contributed by atoms with E-state index in [4.69, 9.17) is 9.15 Å². The molecule has 2 rings (SSSR count). The van der Waals surface area contributed by atoms with Crippen molar-refractivity contribution in [2.45, 2.75) is 19.4 Å². The molecule has 0 N–H and O–H groups in total. The van der Waals surface area contributed by atoms with Crippen molar-refractivity contribution in [2.24, 2.45) is 0 Å². The first-order valence-corrected chi connectivity index (χ1v) is 4.17. The predicted octanol–water partition coefficient (Wildman–Crippen LogP) is 2.21. The summed E-state index contributed by atoms with van der Waals surface area (Å²) >= 11 is 0. The van der Waals surface area contributed by atoms with Gasteiger partial charge >= 0.3 is 5.97 Å². The van der Waals surface area contributed by atoms with Gasteiger partial charge in [0.2, 0.25) is 0 Å². The zero-order valence-corrected chi connectivity index (χ0v) is 7.32. The van der Waals surface area contributed by atoms with Gasteiger partial charge in [-0.25, -0.2) is 4.79 Å². The Morgan fingerprint density at radius 3 is 3.00 bits per heavy atom. The Bertz CT molecular complexity index is 335. The quantitative estimate of drug-likeness (QED) is 0.619. The molecule has 3 nitrogen and oxygen atoms in total. The van der Waals surface area contributed by atoms with Gasteiger partial charge < -0.3 is 9.15 Å². The van der Waals surface area contributed by atoms with Crippen LogP contribution in [0.1, 0.15) is 25.0 Å². The van der Waals surface area contributed by atoms with Gasteiger partial charge in [0.1, 0.15) is 6.10 Å². The van der Waals surface area contributed by atoms with Crippen LogP contribution in [-0.2, 0) is 9.53 Å². The van der Waals surface area contributed by atoms with Gasteiger partial charge in [-0.1, -0.05) is 6.08 Å². The van der Waals surface area contributed by atoms with E-state index < -0.39 is 0 Å². The number of rotatable bonds is 1. The average Bonchev–Trinajstić information content (AvgIpc) is 2.62. The minimum absolute atomic E-state index is 0.171. The molecule has 1 atom stereocenters. The Morgan fingerprint density at radius 1 is 1.54 bits per heavy atom. The molecule has 0 radical (unpaired) electrons. The van der Waals surface area contributed by atoms with Crippen LogP contribution in [0.3, 0.4) is 0 Å². The Morgan fingerprint density at radius 2 is 2.38 bits per heavy atom. The van der Waals surface area contributed by atoms with Crippen LogP contribution in [0, 0.1) is 0 Å². The fourth-order valence-electron chi connectivity index (χ4n) is 1.30. The van der Waals surface area contributed by atoms with Gasteiger partial charge in [-0.3, -0.25) is 0 Å². The Balaban J connectivity index is 2.18. The highest BCUT2D eigenvalue weighted by Gasteiger charge is 2.22. The molecule has 1 aliphatic rings. The summed E-state index contributed by atoms with van der Waals surface area (Å²) in [5.74, 6) is -0.238. The highest BCUT2D eigenvalue weighted by Crippen LogP contribution is 2.27. The molecule has 0 aromatic carbocycles. The average molecular weight is 178 g/mol. The van der Waals surface area contributed by atoms with Crippen molar-refractivity contribution in [1.82, 2.24) is 0 Å². The van der Waals surface area contributed by atoms with E-state index in [-0.39, 0.29) is 12.1 Å². The summed E-state index contributed by atoms with van der Waals surface area (Å²) in [5.41, 5.74) is 1.59. The smallest absolute Gasteiger partial charge is 0.334 e. The Kier molecular flexibility index (Phi) is 1.93. The van der Waals surface area contributed by atoms with E-state index in [2.05, 4.69) is 0 Å². The standard InChI is InChI=1S/C10H10O3/c1-7-2-3-9(13-10(7)11)8-4-5-12-6-8/h2,4-6,9H,3H2,1H3. The molecule has 2 heterocycles. The van der Waals surface area contributed by atoms with Crippen LogP contribution in [0.4, 0.5) is 0 Å². The predicted molar refractivity (Wildman–Crippen MR) is 45.9 cm³/mol. The molecule has 13 heavy (non-hydrogen) atoms. The summed E-state index contributed by atoms with van der Waals surface area (Å²) in [5, 5.41) is 0. The topological polar surface area (TPSA) is 39.4 Å². The molecular formula is C10H10O3. The zero-order valence-electron chi connectivity index (χ0n) is 7.32. The number of carbonyl (C=O) groups is 1. The number of carbonyl (C=O) groups excluding carboxylic acids is 1. The maximum Gasteiger partial charge on any atom is 0.334 e. The van der Waals surface area contributed by atoms with Crippen molar-refractivity contribution in [3.05, 3.63) is 35.8 Å². The normalized spacial score (nSPS) is 22.4. The number of hydrogen-bond donors (Lipinski definition) is 0. The molecule has 0 aliphatic carbocycles. The summed E-state index contributed by atoms with van der Waals surface area (Å²) in [6.07, 6.45) is 5.64. The lowest BCUT2D eigenvalue weighted by atomic mass is 10.1. The molecule has 0 saturated carbocycles. The van der Waals surface area contributed by atoms with Crippen LogP contribution in [0.15, 0.2) is 34.7 Å². The number of hydrogen-bond acceptors (Lipinski definition) is 3. The molecule has 1 aliphatic heterocycles. The third-order valence-corrected chi connectivity index (χ3v) is 2.12. The number of furan rings is 1. The zero-order chi connectivity index (χ0) is 9.26. The van der Waals surface area contributed by atoms with Crippen molar-refractivity contribution in [3.8, 4) is 0 Å². The molecule has 0 spiro atoms. The van der Waals surface area contributed by atoms with Crippen LogP contribution < -0.4 is 0 Å². The minimum Gasteiger partial charge on any atom is -0.472 e. The molecule has 0 saturated heterocycles. The minimum atomic E-state index is -0.238. The molecule has 0 fully saturated rings. The summed E-state index contributed by atoms with van der Waals surface area (Å²) < 4.78 is 10.1. The van der Waals surface area contributed by atoms with Crippen LogP contribution in [0.5, 0.6) is 0 Å². The first-order valence-electron chi connectivity index (χ1n) is 4.17. The molecule has 0 amide bonds. The Hall–Kier alpha value is -1.51. The van der Waals surface area contributed by atoms with Crippen molar-refractivity contribution < 1.29 is 13.9 Å². The van der Waals surface area contributed by atoms with Crippen molar-refractivity contribution >= 4 is 5.97 Å². The van der Waals surface area contributed by atoms with Crippen LogP contribution in [-0.4, -0.2) is 5.97 Å². The van der Waals surface area contributed by atoms with E-state index >= 15 is 0 Å². The van der Waals surface area contributed by atoms with Crippen molar-refractivity contribution in [3.63, 3.8) is 0 Å². The second-order valence-corrected chi connectivity index (χ2v) is 3.07. The maximum absolute atomic E-state index is 11.2. The van der Waals surface area contributed by atoms with E-state index in [0.717, 1.165) is 12.0 Å². The number of esters is 1. The molecule has 0 bridgehead atoms. The van der Waals surface area contributed by atoms with Crippen LogP contribution in [0.2, 0.25) is 0 Å².